The Morgan fingerprint density at radius 3 is 2.46 bits per heavy atom. The quantitative estimate of drug-likeness (QED) is 0.916. The van der Waals surface area contributed by atoms with Crippen molar-refractivity contribution in [3.8, 4) is 0 Å². The molecule has 1 aromatic carbocycles. The molecule has 2 rings (SSSR count). The van der Waals surface area contributed by atoms with Crippen LogP contribution < -0.4 is 0 Å². The molecule has 1 N–H and O–H groups in total. The van der Waals surface area contributed by atoms with Crippen molar-refractivity contribution >= 4 is 12.1 Å². The van der Waals surface area contributed by atoms with Gasteiger partial charge >= 0.3 is 12.1 Å². The van der Waals surface area contributed by atoms with Crippen molar-refractivity contribution in [3.05, 3.63) is 35.9 Å². The number of carboxylic acids is 1. The number of aliphatic carboxylic acids is 1. The van der Waals surface area contributed by atoms with Gasteiger partial charge in [-0.1, -0.05) is 30.3 Å². The molecule has 0 radical (unpaired) electrons. The van der Waals surface area contributed by atoms with Crippen molar-refractivity contribution in [2.24, 2.45) is 0 Å². The third-order valence-electron chi connectivity index (χ3n) is 3.85. The summed E-state index contributed by atoms with van der Waals surface area (Å²) in [6.07, 6.45) is -0.516. The highest BCUT2D eigenvalue weighted by Gasteiger charge is 2.34. The highest BCUT2D eigenvalue weighted by atomic mass is 16.6. The molecule has 6 heteroatoms. The summed E-state index contributed by atoms with van der Waals surface area (Å²) in [6, 6.07) is 9.66. The van der Waals surface area contributed by atoms with Gasteiger partial charge in [-0.2, -0.15) is 0 Å². The standard InChI is InChI=1S/C18H26N2O4/c1-18(2,3)24-17(23)20-10-9-19(13-15(20)11-16(21)22)12-14-7-5-4-6-8-14/h4-8,15H,9-13H2,1-3H3,(H,21,22). The normalized spacial score (nSPS) is 19.1. The molecule has 1 unspecified atom stereocenters. The highest BCUT2D eigenvalue weighted by Crippen LogP contribution is 2.19. The minimum absolute atomic E-state index is 0.0788. The van der Waals surface area contributed by atoms with Crippen molar-refractivity contribution in [2.45, 2.75) is 45.4 Å². The van der Waals surface area contributed by atoms with Crippen LogP contribution in [0, 0.1) is 0 Å². The first kappa shape index (κ1) is 18.3. The molecule has 24 heavy (non-hydrogen) atoms. The Morgan fingerprint density at radius 2 is 1.88 bits per heavy atom. The zero-order valence-corrected chi connectivity index (χ0v) is 14.6. The first-order chi connectivity index (χ1) is 11.2. The third kappa shape index (κ3) is 5.53. The maximum atomic E-state index is 12.4. The van der Waals surface area contributed by atoms with Crippen molar-refractivity contribution in [1.29, 1.82) is 0 Å². The Morgan fingerprint density at radius 1 is 1.21 bits per heavy atom. The number of rotatable bonds is 4. The number of amides is 1. The molecule has 1 fully saturated rings. The van der Waals surface area contributed by atoms with E-state index in [1.165, 1.54) is 5.56 Å². The lowest BCUT2D eigenvalue weighted by atomic mass is 10.1. The minimum Gasteiger partial charge on any atom is -0.481 e. The predicted octanol–water partition coefficient (Wildman–Crippen LogP) is 2.58. The van der Waals surface area contributed by atoms with Crippen molar-refractivity contribution in [1.82, 2.24) is 9.80 Å². The number of piperazine rings is 1. The molecule has 0 saturated carbocycles. The molecule has 0 aliphatic carbocycles. The summed E-state index contributed by atoms with van der Waals surface area (Å²) < 4.78 is 5.42. The zero-order valence-electron chi connectivity index (χ0n) is 14.6. The van der Waals surface area contributed by atoms with Gasteiger partial charge in [0.25, 0.3) is 0 Å². The third-order valence-corrected chi connectivity index (χ3v) is 3.85. The molecule has 0 spiro atoms. The maximum absolute atomic E-state index is 12.4. The van der Waals surface area contributed by atoms with Gasteiger partial charge in [0.2, 0.25) is 0 Å². The Kier molecular flexibility index (Phi) is 5.83. The fraction of sp³-hybridized carbons (Fsp3) is 0.556. The van der Waals surface area contributed by atoms with Crippen LogP contribution in [-0.2, 0) is 16.1 Å². The van der Waals surface area contributed by atoms with Gasteiger partial charge in [0.15, 0.2) is 0 Å². The van der Waals surface area contributed by atoms with E-state index >= 15 is 0 Å². The van der Waals surface area contributed by atoms with Gasteiger partial charge in [-0.25, -0.2) is 4.79 Å². The van der Waals surface area contributed by atoms with Crippen molar-refractivity contribution < 1.29 is 19.4 Å². The highest BCUT2D eigenvalue weighted by molar-refractivity contribution is 5.72. The summed E-state index contributed by atoms with van der Waals surface area (Å²) >= 11 is 0. The van der Waals surface area contributed by atoms with Gasteiger partial charge < -0.3 is 14.7 Å². The summed E-state index contributed by atoms with van der Waals surface area (Å²) in [7, 11) is 0. The fourth-order valence-corrected chi connectivity index (χ4v) is 2.84. The molecule has 1 saturated heterocycles. The van der Waals surface area contributed by atoms with Gasteiger partial charge in [-0.15, -0.1) is 0 Å². The lowest BCUT2D eigenvalue weighted by molar-refractivity contribution is -0.138. The molecular formula is C18H26N2O4. The molecule has 1 aromatic rings. The van der Waals surface area contributed by atoms with Crippen molar-refractivity contribution in [2.75, 3.05) is 19.6 Å². The summed E-state index contributed by atoms with van der Waals surface area (Å²) in [5.41, 5.74) is 0.587. The van der Waals surface area contributed by atoms with E-state index in [1.807, 2.05) is 51.1 Å². The van der Waals surface area contributed by atoms with E-state index in [0.717, 1.165) is 6.54 Å². The van der Waals surface area contributed by atoms with Gasteiger partial charge in [-0.3, -0.25) is 9.69 Å². The maximum Gasteiger partial charge on any atom is 0.410 e. The summed E-state index contributed by atoms with van der Waals surface area (Å²) in [5.74, 6) is -0.907. The van der Waals surface area contributed by atoms with Crippen LogP contribution >= 0.6 is 0 Å². The summed E-state index contributed by atoms with van der Waals surface area (Å²) in [6.45, 7) is 7.87. The van der Waals surface area contributed by atoms with E-state index in [0.29, 0.717) is 19.6 Å². The number of ether oxygens (including phenoxy) is 1. The average Bonchev–Trinajstić information content (AvgIpc) is 2.46. The van der Waals surface area contributed by atoms with Gasteiger partial charge in [-0.05, 0) is 26.3 Å². The van der Waals surface area contributed by atoms with E-state index < -0.39 is 17.7 Å². The second-order valence-corrected chi connectivity index (χ2v) is 7.15. The van der Waals surface area contributed by atoms with E-state index in [1.54, 1.807) is 4.90 Å². The predicted molar refractivity (Wildman–Crippen MR) is 90.7 cm³/mol. The first-order valence-corrected chi connectivity index (χ1v) is 8.22. The largest absolute Gasteiger partial charge is 0.481 e. The first-order valence-electron chi connectivity index (χ1n) is 8.22. The number of carboxylic acid groups (broad SMARTS) is 1. The Bertz CT molecular complexity index is 568. The molecule has 1 aliphatic rings. The van der Waals surface area contributed by atoms with Crippen LogP contribution in [0.1, 0.15) is 32.8 Å². The van der Waals surface area contributed by atoms with Gasteiger partial charge in [0.05, 0.1) is 12.5 Å². The molecule has 6 nitrogen and oxygen atoms in total. The van der Waals surface area contributed by atoms with Gasteiger partial charge in [0.1, 0.15) is 5.60 Å². The van der Waals surface area contributed by atoms with E-state index in [-0.39, 0.29) is 12.5 Å². The molecule has 1 aliphatic heterocycles. The van der Waals surface area contributed by atoms with Crippen LogP contribution in [0.4, 0.5) is 4.79 Å². The number of hydrogen-bond acceptors (Lipinski definition) is 4. The van der Waals surface area contributed by atoms with Crippen molar-refractivity contribution in [3.63, 3.8) is 0 Å². The smallest absolute Gasteiger partial charge is 0.410 e. The zero-order chi connectivity index (χ0) is 17.7. The number of nitrogens with zero attached hydrogens (tertiary/aromatic N) is 2. The Labute approximate surface area is 143 Å². The van der Waals surface area contributed by atoms with Crippen LogP contribution in [0.3, 0.4) is 0 Å². The number of hydrogen-bond donors (Lipinski definition) is 1. The Balaban J connectivity index is 2.04. The van der Waals surface area contributed by atoms with Crippen LogP contribution in [0.25, 0.3) is 0 Å². The minimum atomic E-state index is -0.907. The number of carbonyl (C=O) groups excluding carboxylic acids is 1. The molecule has 1 amide bonds. The van der Waals surface area contributed by atoms with Crippen LogP contribution in [0.5, 0.6) is 0 Å². The van der Waals surface area contributed by atoms with E-state index in [4.69, 9.17) is 4.74 Å². The fourth-order valence-electron chi connectivity index (χ4n) is 2.84. The monoisotopic (exact) mass is 334 g/mol. The molecule has 0 bridgehead atoms. The van der Waals surface area contributed by atoms with Crippen LogP contribution in [0.2, 0.25) is 0 Å². The Hall–Kier alpha value is -2.08. The number of carbonyl (C=O) groups is 2. The summed E-state index contributed by atoms with van der Waals surface area (Å²) in [4.78, 5) is 27.3. The molecule has 1 heterocycles. The topological polar surface area (TPSA) is 70.1 Å². The second-order valence-electron chi connectivity index (χ2n) is 7.15. The lowest BCUT2D eigenvalue weighted by Gasteiger charge is -2.41. The SMILES string of the molecule is CC(C)(C)OC(=O)N1CCN(Cc2ccccc2)CC1CC(=O)O. The van der Waals surface area contributed by atoms with E-state index in [2.05, 4.69) is 4.90 Å². The van der Waals surface area contributed by atoms with E-state index in [9.17, 15) is 14.7 Å². The summed E-state index contributed by atoms with van der Waals surface area (Å²) in [5, 5.41) is 9.18. The van der Waals surface area contributed by atoms with Crippen LogP contribution in [0.15, 0.2) is 30.3 Å². The second kappa shape index (κ2) is 7.66. The average molecular weight is 334 g/mol. The molecular weight excluding hydrogens is 308 g/mol. The van der Waals surface area contributed by atoms with Gasteiger partial charge in [0, 0.05) is 26.2 Å². The molecule has 1 atom stereocenters. The lowest BCUT2D eigenvalue weighted by Crippen LogP contribution is -2.56. The molecule has 0 aromatic heterocycles. The number of benzene rings is 1. The molecule has 132 valence electrons. The van der Waals surface area contributed by atoms with Crippen LogP contribution in [-0.4, -0.2) is 58.2 Å².